The molecule has 0 aromatic heterocycles. The van der Waals surface area contributed by atoms with Crippen molar-refractivity contribution in [1.29, 1.82) is 0 Å². The van der Waals surface area contributed by atoms with Crippen molar-refractivity contribution in [2.75, 3.05) is 0 Å². The van der Waals surface area contributed by atoms with Crippen LogP contribution in [0.2, 0.25) is 0 Å². The van der Waals surface area contributed by atoms with Crippen LogP contribution >= 0.6 is 0 Å². The summed E-state index contributed by atoms with van der Waals surface area (Å²) in [4.78, 5) is 36.5. The van der Waals surface area contributed by atoms with Crippen molar-refractivity contribution in [3.63, 3.8) is 0 Å². The minimum Gasteiger partial charge on any atom is -0.480 e. The topological polar surface area (TPSA) is 122 Å². The van der Waals surface area contributed by atoms with Crippen LogP contribution in [-0.4, -0.2) is 41.0 Å². The van der Waals surface area contributed by atoms with Gasteiger partial charge >= 0.3 is 5.97 Å². The third kappa shape index (κ3) is 7.78. The minimum absolute atomic E-state index is 0.240. The van der Waals surface area contributed by atoms with Crippen LogP contribution in [0.3, 0.4) is 0 Å². The highest BCUT2D eigenvalue weighted by molar-refractivity contribution is 5.92. The standard InChI is InChI=1S/C20H31N3O4/c1-12(2)10-15(21)18(24)22-16(11-14-8-6-5-7-9-14)19(25)23-17(13(3)4)20(26)27/h5-9,12-13,15-17H,10-11,21H2,1-4H3,(H,22,24)(H,23,25)(H,26,27). The molecule has 1 aromatic rings. The first-order valence-corrected chi connectivity index (χ1v) is 9.24. The van der Waals surface area contributed by atoms with Gasteiger partial charge in [0.15, 0.2) is 0 Å². The van der Waals surface area contributed by atoms with Crippen LogP contribution in [0.5, 0.6) is 0 Å². The Kier molecular flexibility index (Phi) is 8.94. The van der Waals surface area contributed by atoms with Crippen LogP contribution in [0, 0.1) is 11.8 Å². The molecule has 7 heteroatoms. The Morgan fingerprint density at radius 2 is 1.59 bits per heavy atom. The van der Waals surface area contributed by atoms with Gasteiger partial charge in [-0.3, -0.25) is 9.59 Å². The smallest absolute Gasteiger partial charge is 0.326 e. The maximum atomic E-state index is 12.7. The summed E-state index contributed by atoms with van der Waals surface area (Å²) in [6, 6.07) is 6.56. The molecule has 0 spiro atoms. The number of nitrogens with two attached hydrogens (primary N) is 1. The maximum Gasteiger partial charge on any atom is 0.326 e. The number of amides is 2. The van der Waals surface area contributed by atoms with E-state index in [1.165, 1.54) is 0 Å². The number of aliphatic carboxylic acids is 1. The lowest BCUT2D eigenvalue weighted by molar-refractivity contribution is -0.143. The molecule has 0 fully saturated rings. The van der Waals surface area contributed by atoms with Crippen molar-refractivity contribution in [1.82, 2.24) is 10.6 Å². The zero-order chi connectivity index (χ0) is 20.6. The molecule has 27 heavy (non-hydrogen) atoms. The Balaban J connectivity index is 2.94. The fraction of sp³-hybridized carbons (Fsp3) is 0.550. The van der Waals surface area contributed by atoms with Crippen molar-refractivity contribution in [3.8, 4) is 0 Å². The van der Waals surface area contributed by atoms with Gasteiger partial charge in [0, 0.05) is 6.42 Å². The van der Waals surface area contributed by atoms with Crippen molar-refractivity contribution in [2.45, 2.75) is 58.7 Å². The first-order valence-electron chi connectivity index (χ1n) is 9.24. The maximum absolute atomic E-state index is 12.7. The van der Waals surface area contributed by atoms with Gasteiger partial charge in [-0.05, 0) is 23.8 Å². The molecule has 0 bridgehead atoms. The SMILES string of the molecule is CC(C)CC(N)C(=O)NC(Cc1ccccc1)C(=O)NC(C(=O)O)C(C)C. The van der Waals surface area contributed by atoms with Crippen molar-refractivity contribution < 1.29 is 19.5 Å². The van der Waals surface area contributed by atoms with E-state index in [0.717, 1.165) is 5.56 Å². The molecule has 150 valence electrons. The van der Waals surface area contributed by atoms with Crippen LogP contribution in [0.1, 0.15) is 39.7 Å². The number of carbonyl (C=O) groups excluding carboxylic acids is 2. The fourth-order valence-electron chi connectivity index (χ4n) is 2.72. The van der Waals surface area contributed by atoms with Gasteiger partial charge in [0.05, 0.1) is 6.04 Å². The Hall–Kier alpha value is -2.41. The number of rotatable bonds is 10. The van der Waals surface area contributed by atoms with Crippen LogP contribution in [0.4, 0.5) is 0 Å². The zero-order valence-corrected chi connectivity index (χ0v) is 16.4. The van der Waals surface area contributed by atoms with E-state index in [1.807, 2.05) is 44.2 Å². The third-order valence-electron chi connectivity index (χ3n) is 4.21. The van der Waals surface area contributed by atoms with Gasteiger partial charge in [-0.2, -0.15) is 0 Å². The second-order valence-electron chi connectivity index (χ2n) is 7.56. The Morgan fingerprint density at radius 1 is 1.00 bits per heavy atom. The van der Waals surface area contributed by atoms with Gasteiger partial charge in [-0.15, -0.1) is 0 Å². The Bertz CT molecular complexity index is 631. The van der Waals surface area contributed by atoms with Gasteiger partial charge in [0.1, 0.15) is 12.1 Å². The first-order chi connectivity index (χ1) is 12.6. The molecule has 5 N–H and O–H groups in total. The predicted molar refractivity (Wildman–Crippen MR) is 104 cm³/mol. The van der Waals surface area contributed by atoms with E-state index >= 15 is 0 Å². The highest BCUT2D eigenvalue weighted by Crippen LogP contribution is 2.08. The van der Waals surface area contributed by atoms with Crippen molar-refractivity contribution in [2.24, 2.45) is 17.6 Å². The molecule has 7 nitrogen and oxygen atoms in total. The Labute approximate surface area is 160 Å². The average molecular weight is 377 g/mol. The molecular weight excluding hydrogens is 346 g/mol. The van der Waals surface area contributed by atoms with E-state index in [4.69, 9.17) is 5.73 Å². The summed E-state index contributed by atoms with van der Waals surface area (Å²) in [6.07, 6.45) is 0.743. The predicted octanol–water partition coefficient (Wildman–Crippen LogP) is 1.31. The zero-order valence-electron chi connectivity index (χ0n) is 16.4. The molecule has 2 amide bonds. The molecule has 1 rings (SSSR count). The summed E-state index contributed by atoms with van der Waals surface area (Å²) < 4.78 is 0. The van der Waals surface area contributed by atoms with E-state index in [-0.39, 0.29) is 18.3 Å². The lowest BCUT2D eigenvalue weighted by atomic mass is 10.0. The quantitative estimate of drug-likeness (QED) is 0.490. The van der Waals surface area contributed by atoms with E-state index in [1.54, 1.807) is 13.8 Å². The van der Waals surface area contributed by atoms with E-state index in [2.05, 4.69) is 10.6 Å². The van der Waals surface area contributed by atoms with E-state index in [0.29, 0.717) is 6.42 Å². The number of nitrogens with one attached hydrogen (secondary N) is 2. The highest BCUT2D eigenvalue weighted by Gasteiger charge is 2.29. The van der Waals surface area contributed by atoms with E-state index in [9.17, 15) is 19.5 Å². The van der Waals surface area contributed by atoms with E-state index < -0.39 is 35.9 Å². The summed E-state index contributed by atoms with van der Waals surface area (Å²) in [5.74, 6) is -2.12. The minimum atomic E-state index is -1.11. The second-order valence-corrected chi connectivity index (χ2v) is 7.56. The molecule has 0 radical (unpaired) electrons. The number of carboxylic acids is 1. The van der Waals surface area contributed by atoms with Crippen LogP contribution in [0.25, 0.3) is 0 Å². The number of carboxylic acid groups (broad SMARTS) is 1. The van der Waals surface area contributed by atoms with Gasteiger partial charge in [0.2, 0.25) is 11.8 Å². The monoisotopic (exact) mass is 377 g/mol. The molecule has 0 aliphatic heterocycles. The normalized spacial score (nSPS) is 14.5. The average Bonchev–Trinajstić information content (AvgIpc) is 2.58. The summed E-state index contributed by atoms with van der Waals surface area (Å²) >= 11 is 0. The summed E-state index contributed by atoms with van der Waals surface area (Å²) in [5.41, 5.74) is 6.77. The van der Waals surface area contributed by atoms with Gasteiger partial charge in [0.25, 0.3) is 0 Å². The Morgan fingerprint density at radius 3 is 2.07 bits per heavy atom. The summed E-state index contributed by atoms with van der Waals surface area (Å²) in [7, 11) is 0. The molecule has 1 aromatic carbocycles. The number of benzene rings is 1. The molecular formula is C20H31N3O4. The largest absolute Gasteiger partial charge is 0.480 e. The van der Waals surface area contributed by atoms with Crippen molar-refractivity contribution >= 4 is 17.8 Å². The number of hydrogen-bond donors (Lipinski definition) is 4. The van der Waals surface area contributed by atoms with Crippen LogP contribution in [-0.2, 0) is 20.8 Å². The van der Waals surface area contributed by atoms with Gasteiger partial charge in [-0.1, -0.05) is 58.0 Å². The highest BCUT2D eigenvalue weighted by atomic mass is 16.4. The molecule has 0 aliphatic rings. The summed E-state index contributed by atoms with van der Waals surface area (Å²) in [5, 5.41) is 14.5. The van der Waals surface area contributed by atoms with Crippen molar-refractivity contribution in [3.05, 3.63) is 35.9 Å². The van der Waals surface area contributed by atoms with Gasteiger partial charge in [-0.25, -0.2) is 4.79 Å². The molecule has 0 saturated carbocycles. The molecule has 0 heterocycles. The number of carbonyl (C=O) groups is 3. The van der Waals surface area contributed by atoms with Crippen LogP contribution < -0.4 is 16.4 Å². The lowest BCUT2D eigenvalue weighted by Crippen LogP contribution is -2.56. The number of hydrogen-bond acceptors (Lipinski definition) is 4. The molecule has 0 saturated heterocycles. The van der Waals surface area contributed by atoms with Crippen LogP contribution in [0.15, 0.2) is 30.3 Å². The lowest BCUT2D eigenvalue weighted by Gasteiger charge is -2.24. The first kappa shape index (κ1) is 22.6. The third-order valence-corrected chi connectivity index (χ3v) is 4.21. The molecule has 3 unspecified atom stereocenters. The molecule has 0 aliphatic carbocycles. The summed E-state index contributed by atoms with van der Waals surface area (Å²) in [6.45, 7) is 7.34. The second kappa shape index (κ2) is 10.7. The fourth-order valence-corrected chi connectivity index (χ4v) is 2.72. The molecule has 3 atom stereocenters. The van der Waals surface area contributed by atoms with Gasteiger partial charge < -0.3 is 21.5 Å².